The summed E-state index contributed by atoms with van der Waals surface area (Å²) in [7, 11) is 0. The lowest BCUT2D eigenvalue weighted by Gasteiger charge is -2.17. The standard InChI is InChI=1S/C13H26N2/c14-9-3-1-2-4-10-15-13(11-5-6-11)12-7-8-12/h11-13,15H,1-10,14H2. The maximum absolute atomic E-state index is 5.47. The second kappa shape index (κ2) is 5.86. The van der Waals surface area contributed by atoms with Gasteiger partial charge >= 0.3 is 0 Å². The predicted molar refractivity (Wildman–Crippen MR) is 64.8 cm³/mol. The summed E-state index contributed by atoms with van der Waals surface area (Å²) in [6.07, 6.45) is 11.2. The van der Waals surface area contributed by atoms with Gasteiger partial charge in [-0.3, -0.25) is 0 Å². The summed E-state index contributed by atoms with van der Waals surface area (Å²) in [5.74, 6) is 2.09. The minimum atomic E-state index is 0.861. The summed E-state index contributed by atoms with van der Waals surface area (Å²) >= 11 is 0. The Labute approximate surface area is 94.0 Å². The number of unbranched alkanes of at least 4 members (excludes halogenated alkanes) is 3. The molecule has 2 aliphatic carbocycles. The molecule has 0 bridgehead atoms. The highest BCUT2D eigenvalue weighted by Gasteiger charge is 2.40. The van der Waals surface area contributed by atoms with E-state index in [0.29, 0.717) is 0 Å². The van der Waals surface area contributed by atoms with E-state index >= 15 is 0 Å². The van der Waals surface area contributed by atoms with Crippen LogP contribution in [-0.4, -0.2) is 19.1 Å². The van der Waals surface area contributed by atoms with Crippen LogP contribution >= 0.6 is 0 Å². The highest BCUT2D eigenvalue weighted by Crippen LogP contribution is 2.44. The van der Waals surface area contributed by atoms with Crippen LogP contribution in [0.2, 0.25) is 0 Å². The molecule has 2 saturated carbocycles. The summed E-state index contributed by atoms with van der Waals surface area (Å²) in [6, 6.07) is 0.888. The van der Waals surface area contributed by atoms with E-state index in [9.17, 15) is 0 Å². The van der Waals surface area contributed by atoms with Crippen molar-refractivity contribution in [2.45, 2.75) is 57.4 Å². The molecule has 0 spiro atoms. The molecule has 0 saturated heterocycles. The van der Waals surface area contributed by atoms with Crippen LogP contribution in [-0.2, 0) is 0 Å². The molecule has 0 atom stereocenters. The van der Waals surface area contributed by atoms with Crippen LogP contribution in [0.15, 0.2) is 0 Å². The lowest BCUT2D eigenvalue weighted by atomic mass is 10.1. The van der Waals surface area contributed by atoms with E-state index in [2.05, 4.69) is 5.32 Å². The molecule has 0 heterocycles. The van der Waals surface area contributed by atoms with Crippen molar-refractivity contribution in [3.8, 4) is 0 Å². The number of nitrogens with one attached hydrogen (secondary N) is 1. The Morgan fingerprint density at radius 2 is 1.53 bits per heavy atom. The Balaban J connectivity index is 1.48. The zero-order valence-corrected chi connectivity index (χ0v) is 9.88. The molecular weight excluding hydrogens is 184 g/mol. The topological polar surface area (TPSA) is 38.0 Å². The first-order valence-corrected chi connectivity index (χ1v) is 6.85. The lowest BCUT2D eigenvalue weighted by Crippen LogP contribution is -2.33. The van der Waals surface area contributed by atoms with E-state index in [4.69, 9.17) is 5.73 Å². The number of rotatable bonds is 9. The zero-order valence-electron chi connectivity index (χ0n) is 9.88. The molecule has 3 N–H and O–H groups in total. The largest absolute Gasteiger partial charge is 0.330 e. The summed E-state index contributed by atoms with van der Waals surface area (Å²) in [6.45, 7) is 2.10. The van der Waals surface area contributed by atoms with Crippen LogP contribution in [0.25, 0.3) is 0 Å². The average molecular weight is 210 g/mol. The highest BCUT2D eigenvalue weighted by molar-refractivity contribution is 4.96. The molecular formula is C13H26N2. The molecule has 0 aromatic carbocycles. The van der Waals surface area contributed by atoms with Gasteiger partial charge in [-0.25, -0.2) is 0 Å². The van der Waals surface area contributed by atoms with Gasteiger partial charge in [0.2, 0.25) is 0 Å². The Hall–Kier alpha value is -0.0800. The molecule has 0 amide bonds. The van der Waals surface area contributed by atoms with E-state index in [-0.39, 0.29) is 0 Å². The van der Waals surface area contributed by atoms with Crippen LogP contribution in [0.1, 0.15) is 51.4 Å². The first-order chi connectivity index (χ1) is 7.42. The molecule has 0 radical (unpaired) electrons. The van der Waals surface area contributed by atoms with Gasteiger partial charge in [0.1, 0.15) is 0 Å². The quantitative estimate of drug-likeness (QED) is 0.573. The minimum Gasteiger partial charge on any atom is -0.330 e. The van der Waals surface area contributed by atoms with Crippen LogP contribution in [0.5, 0.6) is 0 Å². The van der Waals surface area contributed by atoms with E-state index in [1.54, 1.807) is 0 Å². The number of hydrogen-bond donors (Lipinski definition) is 2. The van der Waals surface area contributed by atoms with Gasteiger partial charge in [-0.1, -0.05) is 12.8 Å². The third-order valence-corrected chi connectivity index (χ3v) is 3.77. The monoisotopic (exact) mass is 210 g/mol. The van der Waals surface area contributed by atoms with Gasteiger partial charge in [-0.2, -0.15) is 0 Å². The molecule has 2 heteroatoms. The maximum Gasteiger partial charge on any atom is 0.0124 e. The second-order valence-electron chi connectivity index (χ2n) is 5.36. The smallest absolute Gasteiger partial charge is 0.0124 e. The van der Waals surface area contributed by atoms with Crippen molar-refractivity contribution >= 4 is 0 Å². The van der Waals surface area contributed by atoms with Gasteiger partial charge in [0.15, 0.2) is 0 Å². The molecule has 2 aliphatic rings. The van der Waals surface area contributed by atoms with Crippen molar-refractivity contribution in [2.24, 2.45) is 17.6 Å². The molecule has 2 rings (SSSR count). The fourth-order valence-corrected chi connectivity index (χ4v) is 2.52. The summed E-state index contributed by atoms with van der Waals surface area (Å²) < 4.78 is 0. The normalized spacial score (nSPS) is 21.2. The predicted octanol–water partition coefficient (Wildman–Crippen LogP) is 2.28. The van der Waals surface area contributed by atoms with E-state index < -0.39 is 0 Å². The van der Waals surface area contributed by atoms with Crippen molar-refractivity contribution in [1.29, 1.82) is 0 Å². The molecule has 2 fully saturated rings. The Morgan fingerprint density at radius 3 is 2.07 bits per heavy atom. The maximum atomic E-state index is 5.47. The van der Waals surface area contributed by atoms with Gasteiger partial charge in [0.05, 0.1) is 0 Å². The van der Waals surface area contributed by atoms with Crippen LogP contribution in [0.4, 0.5) is 0 Å². The number of hydrogen-bond acceptors (Lipinski definition) is 2. The molecule has 0 aromatic rings. The Bertz CT molecular complexity index is 161. The molecule has 15 heavy (non-hydrogen) atoms. The zero-order chi connectivity index (χ0) is 10.5. The third-order valence-electron chi connectivity index (χ3n) is 3.77. The van der Waals surface area contributed by atoms with Crippen LogP contribution in [0.3, 0.4) is 0 Å². The molecule has 0 unspecified atom stereocenters. The SMILES string of the molecule is NCCCCCCNC(C1CC1)C1CC1. The molecule has 88 valence electrons. The van der Waals surface area contributed by atoms with Crippen LogP contribution in [0, 0.1) is 11.8 Å². The van der Waals surface area contributed by atoms with Gasteiger partial charge in [-0.05, 0) is 63.5 Å². The molecule has 0 aliphatic heterocycles. The molecule has 2 nitrogen and oxygen atoms in total. The minimum absolute atomic E-state index is 0.861. The van der Waals surface area contributed by atoms with Crippen LogP contribution < -0.4 is 11.1 Å². The first-order valence-electron chi connectivity index (χ1n) is 6.85. The van der Waals surface area contributed by atoms with Gasteiger partial charge in [0.25, 0.3) is 0 Å². The molecule has 0 aromatic heterocycles. The summed E-state index contributed by atoms with van der Waals surface area (Å²) in [5.41, 5.74) is 5.47. The number of nitrogens with two attached hydrogens (primary N) is 1. The first kappa shape index (κ1) is 11.4. The van der Waals surface area contributed by atoms with Crippen molar-refractivity contribution in [1.82, 2.24) is 5.32 Å². The Kier molecular flexibility index (Phi) is 4.45. The lowest BCUT2D eigenvalue weighted by molar-refractivity contribution is 0.410. The van der Waals surface area contributed by atoms with E-state index in [1.807, 2.05) is 0 Å². The van der Waals surface area contributed by atoms with Crippen molar-refractivity contribution in [3.63, 3.8) is 0 Å². The highest BCUT2D eigenvalue weighted by atomic mass is 14.9. The van der Waals surface area contributed by atoms with E-state index in [1.165, 1.54) is 57.9 Å². The van der Waals surface area contributed by atoms with E-state index in [0.717, 1.165) is 24.4 Å². The van der Waals surface area contributed by atoms with Gasteiger partial charge < -0.3 is 11.1 Å². The summed E-state index contributed by atoms with van der Waals surface area (Å²) in [5, 5.41) is 3.79. The fourth-order valence-electron chi connectivity index (χ4n) is 2.52. The van der Waals surface area contributed by atoms with Gasteiger partial charge in [-0.15, -0.1) is 0 Å². The fraction of sp³-hybridized carbons (Fsp3) is 1.00. The third kappa shape index (κ3) is 4.12. The van der Waals surface area contributed by atoms with Gasteiger partial charge in [0, 0.05) is 6.04 Å². The van der Waals surface area contributed by atoms with Crippen molar-refractivity contribution in [3.05, 3.63) is 0 Å². The average Bonchev–Trinajstić information content (AvgIpc) is 3.09. The van der Waals surface area contributed by atoms with Crippen molar-refractivity contribution in [2.75, 3.05) is 13.1 Å². The Morgan fingerprint density at radius 1 is 0.933 bits per heavy atom. The van der Waals surface area contributed by atoms with Crippen molar-refractivity contribution < 1.29 is 0 Å². The summed E-state index contributed by atoms with van der Waals surface area (Å²) in [4.78, 5) is 0. The second-order valence-corrected chi connectivity index (χ2v) is 5.36.